The summed E-state index contributed by atoms with van der Waals surface area (Å²) in [6.45, 7) is 3.03. The van der Waals surface area contributed by atoms with Crippen molar-refractivity contribution < 1.29 is 4.74 Å². The predicted octanol–water partition coefficient (Wildman–Crippen LogP) is 1.73. The van der Waals surface area contributed by atoms with Crippen molar-refractivity contribution in [1.82, 2.24) is 9.97 Å². The van der Waals surface area contributed by atoms with Gasteiger partial charge >= 0.3 is 0 Å². The van der Waals surface area contributed by atoms with Crippen molar-refractivity contribution in [3.63, 3.8) is 0 Å². The summed E-state index contributed by atoms with van der Waals surface area (Å²) >= 11 is 0. The van der Waals surface area contributed by atoms with Gasteiger partial charge in [0.1, 0.15) is 0 Å². The van der Waals surface area contributed by atoms with Crippen LogP contribution >= 0.6 is 0 Å². The molecule has 5 heteroatoms. The lowest BCUT2D eigenvalue weighted by Gasteiger charge is -2.09. The Balaban J connectivity index is 2.17. The monoisotopic (exact) mass is 273 g/mol. The minimum atomic E-state index is -0.0960. The Kier molecular flexibility index (Phi) is 4.90. The molecule has 1 aromatic heterocycles. The number of aryl methyl sites for hydroxylation is 1. The maximum atomic E-state index is 12.1. The SMILES string of the molecule is COCCNc1nc(C)c(Cc2ccccc2)c(=O)[nH]1. The molecule has 5 nitrogen and oxygen atoms in total. The topological polar surface area (TPSA) is 67.0 Å². The van der Waals surface area contributed by atoms with Gasteiger partial charge in [-0.05, 0) is 12.5 Å². The van der Waals surface area contributed by atoms with Gasteiger partial charge < -0.3 is 10.1 Å². The van der Waals surface area contributed by atoms with E-state index in [1.165, 1.54) is 0 Å². The second kappa shape index (κ2) is 6.86. The molecule has 0 radical (unpaired) electrons. The van der Waals surface area contributed by atoms with Crippen molar-refractivity contribution >= 4 is 5.95 Å². The van der Waals surface area contributed by atoms with Gasteiger partial charge in [0.2, 0.25) is 5.95 Å². The molecule has 0 saturated carbocycles. The zero-order chi connectivity index (χ0) is 14.4. The first kappa shape index (κ1) is 14.3. The van der Waals surface area contributed by atoms with Crippen LogP contribution in [0.3, 0.4) is 0 Å². The number of nitrogens with zero attached hydrogens (tertiary/aromatic N) is 1. The van der Waals surface area contributed by atoms with Gasteiger partial charge in [0.05, 0.1) is 12.3 Å². The summed E-state index contributed by atoms with van der Waals surface area (Å²) in [5.41, 5.74) is 2.45. The van der Waals surface area contributed by atoms with Crippen LogP contribution in [0.4, 0.5) is 5.95 Å². The molecule has 0 amide bonds. The van der Waals surface area contributed by atoms with Gasteiger partial charge in [-0.3, -0.25) is 9.78 Å². The normalized spacial score (nSPS) is 10.5. The molecule has 1 heterocycles. The Bertz CT molecular complexity index is 608. The third-order valence-electron chi connectivity index (χ3n) is 3.04. The van der Waals surface area contributed by atoms with Gasteiger partial charge in [0.25, 0.3) is 5.56 Å². The molecule has 0 spiro atoms. The van der Waals surface area contributed by atoms with Crippen molar-refractivity contribution in [3.05, 3.63) is 57.5 Å². The molecule has 2 rings (SSSR count). The number of hydrogen-bond donors (Lipinski definition) is 2. The van der Waals surface area contributed by atoms with Gasteiger partial charge in [0.15, 0.2) is 0 Å². The highest BCUT2D eigenvalue weighted by Crippen LogP contribution is 2.09. The van der Waals surface area contributed by atoms with Crippen molar-refractivity contribution in [3.8, 4) is 0 Å². The number of anilines is 1. The van der Waals surface area contributed by atoms with Crippen LogP contribution in [0.5, 0.6) is 0 Å². The molecule has 0 atom stereocenters. The lowest BCUT2D eigenvalue weighted by atomic mass is 10.1. The van der Waals surface area contributed by atoms with Crippen molar-refractivity contribution in [2.45, 2.75) is 13.3 Å². The highest BCUT2D eigenvalue weighted by molar-refractivity contribution is 5.32. The lowest BCUT2D eigenvalue weighted by Crippen LogP contribution is -2.20. The molecule has 0 aliphatic heterocycles. The first-order valence-corrected chi connectivity index (χ1v) is 6.57. The van der Waals surface area contributed by atoms with E-state index in [0.29, 0.717) is 31.1 Å². The van der Waals surface area contributed by atoms with Crippen LogP contribution in [0.15, 0.2) is 35.1 Å². The average Bonchev–Trinajstić information content (AvgIpc) is 2.44. The number of aromatic nitrogens is 2. The molecule has 1 aromatic carbocycles. The van der Waals surface area contributed by atoms with Crippen LogP contribution in [-0.4, -0.2) is 30.2 Å². The van der Waals surface area contributed by atoms with E-state index in [1.54, 1.807) is 7.11 Å². The number of nitrogens with one attached hydrogen (secondary N) is 2. The number of hydrogen-bond acceptors (Lipinski definition) is 4. The van der Waals surface area contributed by atoms with Gasteiger partial charge in [-0.25, -0.2) is 4.98 Å². The molecule has 0 fully saturated rings. The standard InChI is InChI=1S/C15H19N3O2/c1-11-13(10-12-6-4-3-5-7-12)14(19)18-15(17-11)16-8-9-20-2/h3-7H,8-10H2,1-2H3,(H2,16,17,18,19). The molecule has 106 valence electrons. The number of H-pyrrole nitrogens is 1. The first-order chi connectivity index (χ1) is 9.70. The quantitative estimate of drug-likeness (QED) is 0.787. The Morgan fingerprint density at radius 3 is 2.70 bits per heavy atom. The summed E-state index contributed by atoms with van der Waals surface area (Å²) in [6.07, 6.45) is 0.591. The molecule has 2 N–H and O–H groups in total. The largest absolute Gasteiger partial charge is 0.383 e. The molecular weight excluding hydrogens is 254 g/mol. The molecule has 0 unspecified atom stereocenters. The highest BCUT2D eigenvalue weighted by atomic mass is 16.5. The van der Waals surface area contributed by atoms with Crippen molar-refractivity contribution in [2.75, 3.05) is 25.6 Å². The van der Waals surface area contributed by atoms with E-state index in [0.717, 1.165) is 11.3 Å². The fourth-order valence-corrected chi connectivity index (χ4v) is 1.97. The molecule has 0 saturated heterocycles. The van der Waals surface area contributed by atoms with E-state index in [-0.39, 0.29) is 5.56 Å². The fraction of sp³-hybridized carbons (Fsp3) is 0.333. The van der Waals surface area contributed by atoms with Crippen LogP contribution in [-0.2, 0) is 11.2 Å². The van der Waals surface area contributed by atoms with Crippen molar-refractivity contribution in [2.24, 2.45) is 0 Å². The second-order valence-corrected chi connectivity index (χ2v) is 4.56. The summed E-state index contributed by atoms with van der Waals surface area (Å²) in [5, 5.41) is 3.03. The van der Waals surface area contributed by atoms with E-state index < -0.39 is 0 Å². The van der Waals surface area contributed by atoms with Gasteiger partial charge in [-0.2, -0.15) is 0 Å². The van der Waals surface area contributed by atoms with Gasteiger partial charge in [-0.15, -0.1) is 0 Å². The van der Waals surface area contributed by atoms with E-state index in [2.05, 4.69) is 15.3 Å². The Labute approximate surface area is 118 Å². The maximum Gasteiger partial charge on any atom is 0.256 e. The summed E-state index contributed by atoms with van der Waals surface area (Å²) in [4.78, 5) is 19.3. The molecule has 0 aliphatic carbocycles. The smallest absolute Gasteiger partial charge is 0.256 e. The zero-order valence-electron chi connectivity index (χ0n) is 11.8. The Morgan fingerprint density at radius 2 is 2.05 bits per heavy atom. The predicted molar refractivity (Wildman–Crippen MR) is 79.2 cm³/mol. The van der Waals surface area contributed by atoms with Gasteiger partial charge in [0, 0.05) is 25.6 Å². The van der Waals surface area contributed by atoms with Crippen LogP contribution in [0.1, 0.15) is 16.8 Å². The van der Waals surface area contributed by atoms with E-state index in [1.807, 2.05) is 37.3 Å². The van der Waals surface area contributed by atoms with Crippen LogP contribution in [0, 0.1) is 6.92 Å². The third kappa shape index (κ3) is 3.68. The molecule has 0 bridgehead atoms. The maximum absolute atomic E-state index is 12.1. The lowest BCUT2D eigenvalue weighted by molar-refractivity contribution is 0.210. The average molecular weight is 273 g/mol. The minimum Gasteiger partial charge on any atom is -0.383 e. The van der Waals surface area contributed by atoms with E-state index >= 15 is 0 Å². The number of ether oxygens (including phenoxy) is 1. The fourth-order valence-electron chi connectivity index (χ4n) is 1.97. The van der Waals surface area contributed by atoms with E-state index in [4.69, 9.17) is 4.74 Å². The highest BCUT2D eigenvalue weighted by Gasteiger charge is 2.08. The second-order valence-electron chi connectivity index (χ2n) is 4.56. The van der Waals surface area contributed by atoms with Gasteiger partial charge in [-0.1, -0.05) is 30.3 Å². The molecular formula is C15H19N3O2. The number of benzene rings is 1. The van der Waals surface area contributed by atoms with E-state index in [9.17, 15) is 4.79 Å². The number of rotatable bonds is 6. The summed E-state index contributed by atoms with van der Waals surface area (Å²) in [5.74, 6) is 0.487. The minimum absolute atomic E-state index is 0.0960. The Morgan fingerprint density at radius 1 is 1.30 bits per heavy atom. The van der Waals surface area contributed by atoms with Crippen LogP contribution < -0.4 is 10.9 Å². The molecule has 20 heavy (non-hydrogen) atoms. The zero-order valence-corrected chi connectivity index (χ0v) is 11.8. The van der Waals surface area contributed by atoms with Crippen LogP contribution in [0.25, 0.3) is 0 Å². The Hall–Kier alpha value is -2.14. The third-order valence-corrected chi connectivity index (χ3v) is 3.04. The summed E-state index contributed by atoms with van der Waals surface area (Å²) in [6, 6.07) is 9.90. The molecule has 0 aliphatic rings. The van der Waals surface area contributed by atoms with Crippen molar-refractivity contribution in [1.29, 1.82) is 0 Å². The summed E-state index contributed by atoms with van der Waals surface area (Å²) < 4.78 is 4.94. The first-order valence-electron chi connectivity index (χ1n) is 6.57. The number of methoxy groups -OCH3 is 1. The van der Waals surface area contributed by atoms with Crippen LogP contribution in [0.2, 0.25) is 0 Å². The number of aromatic amines is 1. The molecule has 2 aromatic rings. The summed E-state index contributed by atoms with van der Waals surface area (Å²) in [7, 11) is 1.63.